The molecule has 0 atom stereocenters. The molecule has 0 N–H and O–H groups in total. The van der Waals surface area contributed by atoms with Crippen molar-refractivity contribution in [2.24, 2.45) is 0 Å². The number of furan rings is 1. The van der Waals surface area contributed by atoms with Crippen LogP contribution in [-0.2, 0) is 5.41 Å². The molecule has 0 radical (unpaired) electrons. The van der Waals surface area contributed by atoms with Crippen LogP contribution in [0.2, 0.25) is 0 Å². The first-order valence-corrected chi connectivity index (χ1v) is 17.7. The van der Waals surface area contributed by atoms with E-state index >= 15 is 0 Å². The molecule has 0 spiro atoms. The first-order chi connectivity index (χ1) is 25.5. The Balaban J connectivity index is 1.13. The minimum Gasteiger partial charge on any atom is -0.456 e. The zero-order valence-corrected chi connectivity index (χ0v) is 28.8. The molecule has 0 aliphatic heterocycles. The SMILES string of the molecule is CC1(C)c2ccccc2-c2ccc(-c3ccccc3-c3ccc4oc5cccc(-c6nc(-c7ccccc7)nc(-c7ccccc7)n6)c5c4c3)cc21. The highest BCUT2D eigenvalue weighted by Crippen LogP contribution is 2.50. The number of rotatable bonds is 5. The second-order valence-electron chi connectivity index (χ2n) is 14.0. The highest BCUT2D eigenvalue weighted by atomic mass is 16.3. The van der Waals surface area contributed by atoms with E-state index in [1.165, 1.54) is 38.9 Å². The lowest BCUT2D eigenvalue weighted by atomic mass is 9.81. The average molecular weight is 668 g/mol. The predicted octanol–water partition coefficient (Wildman–Crippen LogP) is 12.4. The minimum absolute atomic E-state index is 0.0717. The lowest BCUT2D eigenvalue weighted by molar-refractivity contribution is 0.660. The van der Waals surface area contributed by atoms with Gasteiger partial charge in [-0.2, -0.15) is 0 Å². The monoisotopic (exact) mass is 667 g/mol. The maximum atomic E-state index is 6.48. The fourth-order valence-electron chi connectivity index (χ4n) is 7.97. The minimum atomic E-state index is -0.0717. The first-order valence-electron chi connectivity index (χ1n) is 17.7. The quantitative estimate of drug-likeness (QED) is 0.183. The fourth-order valence-corrected chi connectivity index (χ4v) is 7.97. The molecule has 0 saturated carbocycles. The molecule has 9 aromatic rings. The second kappa shape index (κ2) is 11.7. The molecule has 2 aromatic heterocycles. The third kappa shape index (κ3) is 4.79. The van der Waals surface area contributed by atoms with Gasteiger partial charge in [0.25, 0.3) is 0 Å². The molecule has 4 heteroatoms. The summed E-state index contributed by atoms with van der Waals surface area (Å²) in [4.78, 5) is 15.0. The molecule has 4 nitrogen and oxygen atoms in total. The second-order valence-corrected chi connectivity index (χ2v) is 14.0. The third-order valence-electron chi connectivity index (χ3n) is 10.6. The van der Waals surface area contributed by atoms with Gasteiger partial charge in [-0.15, -0.1) is 0 Å². The Bertz CT molecular complexity index is 2760. The molecule has 1 aliphatic carbocycles. The van der Waals surface area contributed by atoms with Crippen molar-refractivity contribution in [1.29, 1.82) is 0 Å². The van der Waals surface area contributed by atoms with Crippen LogP contribution in [0.15, 0.2) is 168 Å². The van der Waals surface area contributed by atoms with Crippen LogP contribution in [0.3, 0.4) is 0 Å². The van der Waals surface area contributed by atoms with Crippen LogP contribution in [-0.4, -0.2) is 15.0 Å². The zero-order chi connectivity index (χ0) is 34.8. The van der Waals surface area contributed by atoms with E-state index in [9.17, 15) is 0 Å². The van der Waals surface area contributed by atoms with Gasteiger partial charge in [0.15, 0.2) is 17.5 Å². The number of nitrogens with zero attached hydrogens (tertiary/aromatic N) is 3. The van der Waals surface area contributed by atoms with Crippen LogP contribution in [0.4, 0.5) is 0 Å². The van der Waals surface area contributed by atoms with Crippen molar-refractivity contribution in [3.8, 4) is 67.5 Å². The Labute approximate surface area is 302 Å². The smallest absolute Gasteiger partial charge is 0.164 e. The molecular weight excluding hydrogens is 635 g/mol. The van der Waals surface area contributed by atoms with Crippen LogP contribution >= 0.6 is 0 Å². The van der Waals surface area contributed by atoms with Crippen molar-refractivity contribution in [3.63, 3.8) is 0 Å². The highest BCUT2D eigenvalue weighted by molar-refractivity contribution is 6.13. The molecule has 2 heterocycles. The van der Waals surface area contributed by atoms with Gasteiger partial charge in [0.05, 0.1) is 0 Å². The van der Waals surface area contributed by atoms with E-state index in [1.807, 2.05) is 72.8 Å². The molecule has 1 aliphatic rings. The predicted molar refractivity (Wildman–Crippen MR) is 212 cm³/mol. The molecule has 0 amide bonds. The van der Waals surface area contributed by atoms with Gasteiger partial charge < -0.3 is 4.42 Å². The van der Waals surface area contributed by atoms with Gasteiger partial charge in [-0.25, -0.2) is 15.0 Å². The summed E-state index contributed by atoms with van der Waals surface area (Å²) in [6.07, 6.45) is 0. The van der Waals surface area contributed by atoms with Gasteiger partial charge in [0.1, 0.15) is 11.2 Å². The van der Waals surface area contributed by atoms with Crippen LogP contribution in [0.25, 0.3) is 89.5 Å². The van der Waals surface area contributed by atoms with E-state index in [0.29, 0.717) is 17.5 Å². The summed E-state index contributed by atoms with van der Waals surface area (Å²) in [5.41, 5.74) is 14.4. The summed E-state index contributed by atoms with van der Waals surface area (Å²) in [6.45, 7) is 4.67. The third-order valence-corrected chi connectivity index (χ3v) is 10.6. The zero-order valence-electron chi connectivity index (χ0n) is 28.8. The summed E-state index contributed by atoms with van der Waals surface area (Å²) < 4.78 is 6.48. The molecule has 52 heavy (non-hydrogen) atoms. The number of hydrogen-bond donors (Lipinski definition) is 0. The Morgan fingerprint density at radius 2 is 0.923 bits per heavy atom. The van der Waals surface area contributed by atoms with E-state index in [4.69, 9.17) is 19.4 Å². The topological polar surface area (TPSA) is 51.8 Å². The highest BCUT2D eigenvalue weighted by Gasteiger charge is 2.35. The molecule has 0 fully saturated rings. The van der Waals surface area contributed by atoms with E-state index in [2.05, 4.69) is 105 Å². The van der Waals surface area contributed by atoms with Gasteiger partial charge in [0, 0.05) is 32.9 Å². The number of hydrogen-bond acceptors (Lipinski definition) is 4. The number of aromatic nitrogens is 3. The summed E-state index contributed by atoms with van der Waals surface area (Å²) in [5, 5.41) is 2.00. The van der Waals surface area contributed by atoms with Crippen molar-refractivity contribution in [1.82, 2.24) is 15.0 Å². The normalized spacial score (nSPS) is 13.0. The molecule has 0 bridgehead atoms. The fraction of sp³-hybridized carbons (Fsp3) is 0.0625. The number of fused-ring (bicyclic) bond motifs is 6. The van der Waals surface area contributed by atoms with Crippen LogP contribution in [0.5, 0.6) is 0 Å². The molecular formula is C48H33N3O. The molecule has 7 aromatic carbocycles. The van der Waals surface area contributed by atoms with Gasteiger partial charge in [-0.05, 0) is 68.8 Å². The van der Waals surface area contributed by atoms with Crippen LogP contribution in [0, 0.1) is 0 Å². The maximum Gasteiger partial charge on any atom is 0.164 e. The average Bonchev–Trinajstić information content (AvgIpc) is 3.69. The van der Waals surface area contributed by atoms with E-state index in [1.54, 1.807) is 0 Å². The molecule has 246 valence electrons. The van der Waals surface area contributed by atoms with Crippen LogP contribution < -0.4 is 0 Å². The van der Waals surface area contributed by atoms with Crippen molar-refractivity contribution in [2.75, 3.05) is 0 Å². The van der Waals surface area contributed by atoms with Crippen molar-refractivity contribution in [2.45, 2.75) is 19.3 Å². The van der Waals surface area contributed by atoms with Gasteiger partial charge in [-0.1, -0.05) is 153 Å². The van der Waals surface area contributed by atoms with Crippen molar-refractivity contribution < 1.29 is 4.42 Å². The van der Waals surface area contributed by atoms with E-state index in [0.717, 1.165) is 44.2 Å². The Morgan fingerprint density at radius 3 is 1.62 bits per heavy atom. The van der Waals surface area contributed by atoms with Crippen LogP contribution in [0.1, 0.15) is 25.0 Å². The Morgan fingerprint density at radius 1 is 0.385 bits per heavy atom. The summed E-state index contributed by atoms with van der Waals surface area (Å²) in [7, 11) is 0. The lowest BCUT2D eigenvalue weighted by Crippen LogP contribution is -2.14. The summed E-state index contributed by atoms with van der Waals surface area (Å²) in [5.74, 6) is 1.86. The van der Waals surface area contributed by atoms with Gasteiger partial charge in [0.2, 0.25) is 0 Å². The van der Waals surface area contributed by atoms with Gasteiger partial charge in [-0.3, -0.25) is 0 Å². The molecule has 0 saturated heterocycles. The van der Waals surface area contributed by atoms with E-state index in [-0.39, 0.29) is 5.41 Å². The largest absolute Gasteiger partial charge is 0.456 e. The molecule has 0 unspecified atom stereocenters. The Kier molecular flexibility index (Phi) is 6.80. The summed E-state index contributed by atoms with van der Waals surface area (Å²) in [6, 6.07) is 57.3. The maximum absolute atomic E-state index is 6.48. The number of benzene rings is 7. The van der Waals surface area contributed by atoms with Gasteiger partial charge >= 0.3 is 0 Å². The van der Waals surface area contributed by atoms with E-state index < -0.39 is 0 Å². The lowest BCUT2D eigenvalue weighted by Gasteiger charge is -2.22. The molecule has 10 rings (SSSR count). The van der Waals surface area contributed by atoms with Crippen molar-refractivity contribution in [3.05, 3.63) is 175 Å². The standard InChI is InChI=1S/C48H33N3O/c1-48(2)40-22-12-11-20-36(40)37-26-24-33(29-41(37)48)35-19-10-9-18-34(35)32-25-27-42-39(28-32)44-38(21-13-23-43(44)52-42)47-50-45(30-14-5-3-6-15-30)49-46(51-47)31-16-7-4-8-17-31/h3-29H,1-2H3. The Hall–Kier alpha value is -6.65. The summed E-state index contributed by atoms with van der Waals surface area (Å²) >= 11 is 0. The van der Waals surface area contributed by atoms with Crippen molar-refractivity contribution >= 4 is 21.9 Å². The first kappa shape index (κ1) is 30.2.